The molecule has 4 rings (SSSR count). The van der Waals surface area contributed by atoms with Crippen molar-refractivity contribution < 1.29 is 29.6 Å². The quantitative estimate of drug-likeness (QED) is 0.511. The zero-order valence-electron chi connectivity index (χ0n) is 14.9. The molecule has 1 unspecified atom stereocenters. The molecule has 1 aromatic rings. The van der Waals surface area contributed by atoms with E-state index in [2.05, 4.69) is 0 Å². The van der Waals surface area contributed by atoms with Crippen LogP contribution in [0.2, 0.25) is 0 Å². The van der Waals surface area contributed by atoms with Crippen molar-refractivity contribution in [1.82, 2.24) is 0 Å². The van der Waals surface area contributed by atoms with Gasteiger partial charge in [0.1, 0.15) is 17.5 Å². The molecule has 3 N–H and O–H groups in total. The first kappa shape index (κ1) is 17.6. The highest BCUT2D eigenvalue weighted by Crippen LogP contribution is 2.61. The molecule has 3 aliphatic rings. The van der Waals surface area contributed by atoms with Crippen molar-refractivity contribution in [2.24, 2.45) is 17.3 Å². The number of aliphatic hydroxyl groups excluding tert-OH is 2. The minimum Gasteiger partial charge on any atom is -0.427 e. The second-order valence-electron chi connectivity index (χ2n) is 8.24. The summed E-state index contributed by atoms with van der Waals surface area (Å²) in [6, 6.07) is 5.06. The van der Waals surface area contributed by atoms with Crippen LogP contribution in [0, 0.1) is 17.3 Å². The van der Waals surface area contributed by atoms with Crippen molar-refractivity contribution in [3.8, 4) is 5.75 Å². The number of rotatable bonds is 1. The Kier molecular flexibility index (Phi) is 3.81. The summed E-state index contributed by atoms with van der Waals surface area (Å²) in [4.78, 5) is 23.7. The van der Waals surface area contributed by atoms with Gasteiger partial charge in [0, 0.05) is 12.3 Å². The van der Waals surface area contributed by atoms with Crippen LogP contribution in [0.3, 0.4) is 0 Å². The van der Waals surface area contributed by atoms with E-state index in [-0.39, 0.29) is 24.0 Å². The van der Waals surface area contributed by atoms with Crippen LogP contribution in [0.4, 0.5) is 0 Å². The molecule has 6 nitrogen and oxygen atoms in total. The van der Waals surface area contributed by atoms with Crippen LogP contribution >= 0.6 is 0 Å². The molecule has 0 aliphatic heterocycles. The molecule has 2 saturated carbocycles. The van der Waals surface area contributed by atoms with E-state index in [1.54, 1.807) is 25.1 Å². The third kappa shape index (κ3) is 2.22. The van der Waals surface area contributed by atoms with Gasteiger partial charge in [0.05, 0.1) is 6.10 Å². The number of aryl methyl sites for hydroxylation is 1. The Morgan fingerprint density at radius 2 is 2.00 bits per heavy atom. The number of esters is 1. The van der Waals surface area contributed by atoms with Crippen LogP contribution in [0.25, 0.3) is 0 Å². The SMILES string of the molecule is CC(=O)Oc1ccc2c(c1)CC[C@H]1[C@@H]3C[C@@H](O)C(=O)[C@@]3(C)CC(O)[C@]21O. The summed E-state index contributed by atoms with van der Waals surface area (Å²) in [5, 5.41) is 32.5. The number of carbonyl (C=O) groups is 2. The highest BCUT2D eigenvalue weighted by Gasteiger charge is 2.65. The van der Waals surface area contributed by atoms with Crippen molar-refractivity contribution in [1.29, 1.82) is 0 Å². The second kappa shape index (κ2) is 5.62. The topological polar surface area (TPSA) is 104 Å². The lowest BCUT2D eigenvalue weighted by Gasteiger charge is -2.55. The predicted octanol–water partition coefficient (Wildman–Crippen LogP) is 1.08. The molecule has 3 aliphatic carbocycles. The van der Waals surface area contributed by atoms with Gasteiger partial charge >= 0.3 is 5.97 Å². The summed E-state index contributed by atoms with van der Waals surface area (Å²) in [6.07, 6.45) is -0.402. The normalized spacial score (nSPS) is 41.2. The summed E-state index contributed by atoms with van der Waals surface area (Å²) < 4.78 is 5.13. The van der Waals surface area contributed by atoms with Crippen LogP contribution in [0.5, 0.6) is 5.75 Å². The van der Waals surface area contributed by atoms with Gasteiger partial charge in [0.25, 0.3) is 0 Å². The lowest BCUT2D eigenvalue weighted by Crippen LogP contribution is -2.59. The summed E-state index contributed by atoms with van der Waals surface area (Å²) in [5.41, 5.74) is -0.787. The third-order valence-electron chi connectivity index (χ3n) is 6.83. The molecule has 0 aromatic heterocycles. The number of hydrogen-bond acceptors (Lipinski definition) is 6. The van der Waals surface area contributed by atoms with Crippen LogP contribution < -0.4 is 4.74 Å². The molecule has 0 spiro atoms. The number of ether oxygens (including phenoxy) is 1. The summed E-state index contributed by atoms with van der Waals surface area (Å²) >= 11 is 0. The van der Waals surface area contributed by atoms with E-state index < -0.39 is 29.2 Å². The van der Waals surface area contributed by atoms with E-state index in [4.69, 9.17) is 4.74 Å². The number of ketones is 1. The maximum Gasteiger partial charge on any atom is 0.308 e. The van der Waals surface area contributed by atoms with Gasteiger partial charge in [0.2, 0.25) is 0 Å². The average Bonchev–Trinajstić information content (AvgIpc) is 2.78. The van der Waals surface area contributed by atoms with E-state index in [0.717, 1.165) is 5.56 Å². The van der Waals surface area contributed by atoms with Gasteiger partial charge in [-0.2, -0.15) is 0 Å². The third-order valence-corrected chi connectivity index (χ3v) is 6.83. The zero-order valence-corrected chi connectivity index (χ0v) is 14.9. The lowest BCUT2D eigenvalue weighted by molar-refractivity contribution is -0.197. The fraction of sp³-hybridized carbons (Fsp3) is 0.600. The first-order chi connectivity index (χ1) is 12.2. The molecule has 0 radical (unpaired) electrons. The summed E-state index contributed by atoms with van der Waals surface area (Å²) in [7, 11) is 0. The van der Waals surface area contributed by atoms with Gasteiger partial charge in [-0.15, -0.1) is 0 Å². The number of aliphatic hydroxyl groups is 3. The molecule has 26 heavy (non-hydrogen) atoms. The van der Waals surface area contributed by atoms with Crippen molar-refractivity contribution >= 4 is 11.8 Å². The second-order valence-corrected chi connectivity index (χ2v) is 8.24. The molecule has 1 aromatic carbocycles. The minimum atomic E-state index is -1.46. The Balaban J connectivity index is 1.77. The molecule has 0 bridgehead atoms. The minimum absolute atomic E-state index is 0.131. The highest BCUT2D eigenvalue weighted by molar-refractivity contribution is 5.91. The van der Waals surface area contributed by atoms with E-state index >= 15 is 0 Å². The predicted molar refractivity (Wildman–Crippen MR) is 91.3 cm³/mol. The van der Waals surface area contributed by atoms with Crippen molar-refractivity contribution in [3.63, 3.8) is 0 Å². The van der Waals surface area contributed by atoms with E-state index in [1.807, 2.05) is 0 Å². The van der Waals surface area contributed by atoms with Gasteiger partial charge in [0.15, 0.2) is 5.78 Å². The monoisotopic (exact) mass is 360 g/mol. The van der Waals surface area contributed by atoms with Crippen molar-refractivity contribution in [2.75, 3.05) is 0 Å². The molecule has 140 valence electrons. The lowest BCUT2D eigenvalue weighted by atomic mass is 9.52. The Morgan fingerprint density at radius 1 is 1.27 bits per heavy atom. The number of fused-ring (bicyclic) bond motifs is 5. The molecule has 6 atom stereocenters. The fourth-order valence-corrected chi connectivity index (χ4v) is 5.65. The first-order valence-corrected chi connectivity index (χ1v) is 9.12. The molecule has 6 heteroatoms. The zero-order chi connectivity index (χ0) is 18.9. The number of carbonyl (C=O) groups excluding carboxylic acids is 2. The Labute approximate surface area is 151 Å². The standard InChI is InChI=1S/C20H24O6/c1-10(21)26-12-4-6-13-11(7-12)3-5-14-15-8-16(22)18(24)19(15,2)9-17(23)20(13,14)25/h4,6-7,14-17,22-23,25H,3,5,8-9H2,1-2H3/t14-,15-,16+,17?,19-,20-/m0/s1. The first-order valence-electron chi connectivity index (χ1n) is 9.12. The largest absolute Gasteiger partial charge is 0.427 e. The smallest absolute Gasteiger partial charge is 0.308 e. The van der Waals surface area contributed by atoms with E-state index in [9.17, 15) is 24.9 Å². The van der Waals surface area contributed by atoms with Gasteiger partial charge in [-0.25, -0.2) is 0 Å². The molecule has 0 amide bonds. The van der Waals surface area contributed by atoms with E-state index in [1.165, 1.54) is 6.92 Å². The Hall–Kier alpha value is -1.76. The number of benzene rings is 1. The number of hydrogen-bond donors (Lipinski definition) is 3. The maximum absolute atomic E-state index is 12.5. The fourth-order valence-electron chi connectivity index (χ4n) is 5.65. The van der Waals surface area contributed by atoms with Crippen LogP contribution in [0.15, 0.2) is 18.2 Å². The maximum atomic E-state index is 12.5. The summed E-state index contributed by atoms with van der Waals surface area (Å²) in [6.45, 7) is 3.13. The van der Waals surface area contributed by atoms with Gasteiger partial charge < -0.3 is 20.1 Å². The van der Waals surface area contributed by atoms with Gasteiger partial charge in [-0.3, -0.25) is 9.59 Å². The van der Waals surface area contributed by atoms with E-state index in [0.29, 0.717) is 30.6 Å². The molecule has 0 saturated heterocycles. The molecular weight excluding hydrogens is 336 g/mol. The van der Waals surface area contributed by atoms with Crippen LogP contribution in [-0.4, -0.2) is 39.3 Å². The van der Waals surface area contributed by atoms with Crippen LogP contribution in [0.1, 0.15) is 44.2 Å². The van der Waals surface area contributed by atoms with Crippen molar-refractivity contribution in [3.05, 3.63) is 29.3 Å². The highest BCUT2D eigenvalue weighted by atomic mass is 16.5. The Morgan fingerprint density at radius 3 is 2.69 bits per heavy atom. The Bertz CT molecular complexity index is 789. The van der Waals surface area contributed by atoms with Gasteiger partial charge in [-0.05, 0) is 60.8 Å². The molecule has 2 fully saturated rings. The van der Waals surface area contributed by atoms with Gasteiger partial charge in [-0.1, -0.05) is 13.0 Å². The average molecular weight is 360 g/mol. The summed E-state index contributed by atoms with van der Waals surface area (Å²) in [5.74, 6) is -0.687. The van der Waals surface area contributed by atoms with Crippen LogP contribution in [-0.2, 0) is 21.6 Å². The molecule has 0 heterocycles. The molecular formula is C20H24O6. The van der Waals surface area contributed by atoms with Crippen molar-refractivity contribution in [2.45, 2.75) is 57.3 Å². The number of Topliss-reactive ketones (excluding diaryl/α,β-unsaturated/α-hetero) is 1.